The van der Waals surface area contributed by atoms with Crippen molar-refractivity contribution in [2.75, 3.05) is 0 Å². The molecule has 0 aliphatic rings. The molecular weight excluding hydrogens is 244 g/mol. The molecule has 0 N–H and O–H groups in total. The van der Waals surface area contributed by atoms with Crippen LogP contribution in [-0.4, -0.2) is 15.4 Å². The summed E-state index contributed by atoms with van der Waals surface area (Å²) in [6, 6.07) is 4.02. The van der Waals surface area contributed by atoms with Crippen molar-refractivity contribution < 1.29 is 9.72 Å². The number of nitrogens with zero attached hydrogens (tertiary/aromatic N) is 2. The fourth-order valence-corrected chi connectivity index (χ4v) is 2.44. The van der Waals surface area contributed by atoms with Gasteiger partial charge in [-0.2, -0.15) is 0 Å². The smallest absolute Gasteiger partial charge is 0.274 e. The third-order valence-corrected chi connectivity index (χ3v) is 3.23. The molecule has 0 fully saturated rings. The van der Waals surface area contributed by atoms with Crippen LogP contribution in [0.15, 0.2) is 23.0 Å². The number of hydrogen-bond donors (Lipinski definition) is 0. The summed E-state index contributed by atoms with van der Waals surface area (Å²) in [5, 5.41) is 10.6. The fourth-order valence-electron chi connectivity index (χ4n) is 1.52. The molecule has 88 valence electrons. The Kier molecular flexibility index (Phi) is 2.76. The van der Waals surface area contributed by atoms with Gasteiger partial charge in [-0.05, 0) is 6.07 Å². The van der Waals surface area contributed by atoms with Crippen LogP contribution in [0.2, 0.25) is 0 Å². The van der Waals surface area contributed by atoms with Crippen molar-refractivity contribution in [3.8, 4) is 0 Å². The van der Waals surface area contributed by atoms with Crippen LogP contribution >= 0.6 is 11.3 Å². The van der Waals surface area contributed by atoms with E-state index in [1.165, 1.54) is 18.2 Å². The molecule has 0 bridgehead atoms. The number of hydrogen-bond acceptors (Lipinski definition) is 5. The minimum Gasteiger partial charge on any atom is -0.274 e. The summed E-state index contributed by atoms with van der Waals surface area (Å²) in [4.78, 5) is 32.8. The molecular formula is C10H8N2O4S. The first-order chi connectivity index (χ1) is 8.04. The molecule has 0 unspecified atom stereocenters. The highest BCUT2D eigenvalue weighted by Crippen LogP contribution is 2.23. The van der Waals surface area contributed by atoms with Gasteiger partial charge in [-0.15, -0.1) is 0 Å². The predicted octanol–water partition coefficient (Wildman–Crippen LogP) is 2.02. The molecule has 0 atom stereocenters. The summed E-state index contributed by atoms with van der Waals surface area (Å²) in [7, 11) is 0. The van der Waals surface area contributed by atoms with Gasteiger partial charge in [-0.25, -0.2) is 4.57 Å². The monoisotopic (exact) mass is 252 g/mol. The Morgan fingerprint density at radius 1 is 1.53 bits per heavy atom. The predicted molar refractivity (Wildman–Crippen MR) is 63.7 cm³/mol. The molecule has 0 spiro atoms. The maximum absolute atomic E-state index is 11.6. The average Bonchev–Trinajstić information content (AvgIpc) is 2.62. The lowest BCUT2D eigenvalue weighted by molar-refractivity contribution is -0.384. The normalized spacial score (nSPS) is 10.6. The van der Waals surface area contributed by atoms with Crippen molar-refractivity contribution in [3.05, 3.63) is 38.0 Å². The Hall–Kier alpha value is -2.02. The van der Waals surface area contributed by atoms with Crippen LogP contribution in [0.5, 0.6) is 0 Å². The number of nitro groups is 1. The number of thiazole rings is 1. The first kappa shape index (κ1) is 11.5. The van der Waals surface area contributed by atoms with Crippen molar-refractivity contribution in [2.24, 2.45) is 0 Å². The molecule has 0 radical (unpaired) electrons. The zero-order valence-electron chi connectivity index (χ0n) is 8.87. The highest BCUT2D eigenvalue weighted by Gasteiger charge is 2.15. The molecule has 1 aromatic heterocycles. The molecule has 0 saturated heterocycles. The molecule has 0 saturated carbocycles. The number of non-ortho nitro benzene ring substituents is 1. The second-order valence-electron chi connectivity index (χ2n) is 3.36. The van der Waals surface area contributed by atoms with Crippen molar-refractivity contribution >= 4 is 33.1 Å². The molecule has 7 heteroatoms. The number of fused-ring (bicyclic) bond motifs is 1. The van der Waals surface area contributed by atoms with Crippen molar-refractivity contribution in [1.29, 1.82) is 0 Å². The summed E-state index contributed by atoms with van der Waals surface area (Å²) in [6.07, 6.45) is 0.211. The van der Waals surface area contributed by atoms with E-state index in [9.17, 15) is 19.7 Å². The van der Waals surface area contributed by atoms with Crippen LogP contribution in [0.25, 0.3) is 10.2 Å². The highest BCUT2D eigenvalue weighted by atomic mass is 32.1. The van der Waals surface area contributed by atoms with Gasteiger partial charge in [-0.1, -0.05) is 18.3 Å². The van der Waals surface area contributed by atoms with Crippen molar-refractivity contribution in [1.82, 2.24) is 4.57 Å². The molecule has 0 aliphatic carbocycles. The lowest BCUT2D eigenvalue weighted by Crippen LogP contribution is -2.20. The summed E-state index contributed by atoms with van der Waals surface area (Å²) in [5.41, 5.74) is 0.340. The Labute approximate surface area is 99.3 Å². The van der Waals surface area contributed by atoms with E-state index in [0.29, 0.717) is 10.2 Å². The van der Waals surface area contributed by atoms with Crippen LogP contribution in [0, 0.1) is 10.1 Å². The number of benzene rings is 1. The van der Waals surface area contributed by atoms with E-state index >= 15 is 0 Å². The third kappa shape index (κ3) is 1.84. The van der Waals surface area contributed by atoms with E-state index in [0.717, 1.165) is 15.9 Å². The van der Waals surface area contributed by atoms with Crippen LogP contribution < -0.4 is 4.87 Å². The molecule has 2 aromatic rings. The Bertz CT molecular complexity index is 670. The SMILES string of the molecule is CCC(=O)n1c(=O)sc2cc([N+](=O)[O-])ccc21. The first-order valence-electron chi connectivity index (χ1n) is 4.87. The van der Waals surface area contributed by atoms with Gasteiger partial charge in [0.25, 0.3) is 5.69 Å². The van der Waals surface area contributed by atoms with E-state index in [1.807, 2.05) is 0 Å². The van der Waals surface area contributed by atoms with Gasteiger partial charge in [0.1, 0.15) is 0 Å². The van der Waals surface area contributed by atoms with Crippen molar-refractivity contribution in [3.63, 3.8) is 0 Å². The van der Waals surface area contributed by atoms with Crippen LogP contribution in [0.4, 0.5) is 5.69 Å². The maximum Gasteiger partial charge on any atom is 0.314 e. The third-order valence-electron chi connectivity index (χ3n) is 2.33. The van der Waals surface area contributed by atoms with Gasteiger partial charge in [0.15, 0.2) is 0 Å². The molecule has 6 nitrogen and oxygen atoms in total. The molecule has 17 heavy (non-hydrogen) atoms. The second kappa shape index (κ2) is 4.10. The topological polar surface area (TPSA) is 82.2 Å². The van der Waals surface area contributed by atoms with Gasteiger partial charge >= 0.3 is 4.87 Å². The summed E-state index contributed by atoms with van der Waals surface area (Å²) < 4.78 is 1.51. The Balaban J connectivity index is 2.73. The number of carbonyl (C=O) groups is 1. The second-order valence-corrected chi connectivity index (χ2v) is 4.35. The van der Waals surface area contributed by atoms with E-state index in [1.54, 1.807) is 6.92 Å². The van der Waals surface area contributed by atoms with Gasteiger partial charge in [0.05, 0.1) is 15.1 Å². The van der Waals surface area contributed by atoms with Crippen molar-refractivity contribution in [2.45, 2.75) is 13.3 Å². The molecule has 1 heterocycles. The van der Waals surface area contributed by atoms with E-state index in [2.05, 4.69) is 0 Å². The lowest BCUT2D eigenvalue weighted by Gasteiger charge is -1.98. The summed E-state index contributed by atoms with van der Waals surface area (Å²) in [6.45, 7) is 1.66. The van der Waals surface area contributed by atoms with Crippen LogP contribution in [0.3, 0.4) is 0 Å². The van der Waals surface area contributed by atoms with Gasteiger partial charge in [-0.3, -0.25) is 19.7 Å². The largest absolute Gasteiger partial charge is 0.314 e. The zero-order chi connectivity index (χ0) is 12.6. The van der Waals surface area contributed by atoms with E-state index < -0.39 is 9.80 Å². The minimum absolute atomic E-state index is 0.0881. The number of rotatable bonds is 2. The quantitative estimate of drug-likeness (QED) is 0.604. The number of nitro benzene ring substituents is 1. The van der Waals surface area contributed by atoms with E-state index in [-0.39, 0.29) is 18.0 Å². The molecule has 1 aromatic carbocycles. The molecule has 2 rings (SSSR count). The standard InChI is InChI=1S/C10H8N2O4S/c1-2-9(13)11-7-4-3-6(12(15)16)5-8(7)17-10(11)14/h3-5H,2H2,1H3. The zero-order valence-corrected chi connectivity index (χ0v) is 9.69. The summed E-state index contributed by atoms with van der Waals surface area (Å²) in [5.74, 6) is -0.310. The minimum atomic E-state index is -0.532. The maximum atomic E-state index is 11.6. The fraction of sp³-hybridized carbons (Fsp3) is 0.200. The lowest BCUT2D eigenvalue weighted by atomic mass is 10.3. The summed E-state index contributed by atoms with van der Waals surface area (Å²) >= 11 is 0.836. The Morgan fingerprint density at radius 3 is 2.82 bits per heavy atom. The highest BCUT2D eigenvalue weighted by molar-refractivity contribution is 7.16. The van der Waals surface area contributed by atoms with Gasteiger partial charge in [0, 0.05) is 18.6 Å². The average molecular weight is 252 g/mol. The molecule has 0 aliphatic heterocycles. The van der Waals surface area contributed by atoms with E-state index in [4.69, 9.17) is 0 Å². The Morgan fingerprint density at radius 2 is 2.24 bits per heavy atom. The number of carbonyl (C=O) groups excluding carboxylic acids is 1. The molecule has 0 amide bonds. The number of aromatic nitrogens is 1. The first-order valence-corrected chi connectivity index (χ1v) is 5.69. The van der Waals surface area contributed by atoms with Gasteiger partial charge in [0.2, 0.25) is 5.91 Å². The van der Waals surface area contributed by atoms with Gasteiger partial charge < -0.3 is 0 Å². The van der Waals surface area contributed by atoms with Crippen LogP contribution in [-0.2, 0) is 0 Å². The van der Waals surface area contributed by atoms with Crippen LogP contribution in [0.1, 0.15) is 18.1 Å².